The van der Waals surface area contributed by atoms with Crippen LogP contribution in [0.1, 0.15) is 0 Å². The van der Waals surface area contributed by atoms with Gasteiger partial charge in [-0.1, -0.05) is 110 Å². The third-order valence-corrected chi connectivity index (χ3v) is 9.66. The van der Waals surface area contributed by atoms with Crippen molar-refractivity contribution in [2.24, 2.45) is 0 Å². The third-order valence-electron chi connectivity index (χ3n) is 7.59. The van der Waals surface area contributed by atoms with Crippen molar-refractivity contribution >= 4 is 73.8 Å². The van der Waals surface area contributed by atoms with Gasteiger partial charge in [0.15, 0.2) is 0 Å². The highest BCUT2D eigenvalue weighted by Gasteiger charge is 2.22. The van der Waals surface area contributed by atoms with E-state index in [4.69, 9.17) is 4.42 Å². The number of benzene rings is 6. The second-order valence-corrected chi connectivity index (χ2v) is 16.1. The number of nitrogens with zero attached hydrogens (tertiary/aromatic N) is 1. The normalized spacial score (nSPS) is 12.1. The summed E-state index contributed by atoms with van der Waals surface area (Å²) in [6, 6.07) is 43.6. The molecule has 0 amide bonds. The van der Waals surface area contributed by atoms with Gasteiger partial charge < -0.3 is 9.32 Å². The molecule has 1 heterocycles. The van der Waals surface area contributed by atoms with E-state index < -0.39 is 8.07 Å². The van der Waals surface area contributed by atoms with Crippen LogP contribution < -0.4 is 10.1 Å². The topological polar surface area (TPSA) is 16.4 Å². The molecule has 184 valence electrons. The molecule has 0 unspecified atom stereocenters. The summed E-state index contributed by atoms with van der Waals surface area (Å²) in [5, 5.41) is 8.68. The van der Waals surface area contributed by atoms with Crippen molar-refractivity contribution in [1.82, 2.24) is 0 Å². The first-order chi connectivity index (χ1) is 18.5. The lowest BCUT2D eigenvalue weighted by atomic mass is 9.98. The second kappa shape index (κ2) is 8.61. The van der Waals surface area contributed by atoms with Crippen LogP contribution in [0, 0.1) is 0 Å². The summed E-state index contributed by atoms with van der Waals surface area (Å²) in [5.74, 6) is 0. The van der Waals surface area contributed by atoms with Gasteiger partial charge in [0, 0.05) is 33.6 Å². The molecule has 0 aliphatic rings. The Hall–Kier alpha value is -4.34. The van der Waals surface area contributed by atoms with Crippen LogP contribution >= 0.6 is 0 Å². The lowest BCUT2D eigenvalue weighted by Gasteiger charge is -2.28. The highest BCUT2D eigenvalue weighted by atomic mass is 28.3. The molecule has 0 saturated heterocycles. The average molecular weight is 508 g/mol. The van der Waals surface area contributed by atoms with Crippen LogP contribution in [-0.4, -0.2) is 8.07 Å². The van der Waals surface area contributed by atoms with E-state index in [1.54, 1.807) is 0 Å². The summed E-state index contributed by atoms with van der Waals surface area (Å²) in [6.07, 6.45) is 0. The molecule has 3 heteroatoms. The Kier molecular flexibility index (Phi) is 5.17. The van der Waals surface area contributed by atoms with Gasteiger partial charge in [-0.3, -0.25) is 0 Å². The van der Waals surface area contributed by atoms with Gasteiger partial charge in [-0.25, -0.2) is 0 Å². The van der Waals surface area contributed by atoms with E-state index in [1.165, 1.54) is 37.5 Å². The fraction of sp³-hybridized carbons (Fsp3) is 0.0857. The van der Waals surface area contributed by atoms with Crippen molar-refractivity contribution < 1.29 is 4.42 Å². The molecule has 6 aromatic carbocycles. The molecule has 0 radical (unpaired) electrons. The van der Waals surface area contributed by atoms with Gasteiger partial charge in [0.1, 0.15) is 11.2 Å². The minimum Gasteiger partial charge on any atom is -0.456 e. The van der Waals surface area contributed by atoms with E-state index in [9.17, 15) is 0 Å². The fourth-order valence-corrected chi connectivity index (χ4v) is 6.85. The zero-order chi connectivity index (χ0) is 25.9. The van der Waals surface area contributed by atoms with Gasteiger partial charge >= 0.3 is 0 Å². The highest BCUT2D eigenvalue weighted by Crippen LogP contribution is 2.45. The predicted molar refractivity (Wildman–Crippen MR) is 166 cm³/mol. The van der Waals surface area contributed by atoms with E-state index in [0.29, 0.717) is 0 Å². The molecule has 0 aliphatic carbocycles. The summed E-state index contributed by atoms with van der Waals surface area (Å²) in [6.45, 7) is 7.18. The summed E-state index contributed by atoms with van der Waals surface area (Å²) in [5.41, 5.74) is 5.21. The Bertz CT molecular complexity index is 1950. The minimum atomic E-state index is -1.40. The van der Waals surface area contributed by atoms with Crippen LogP contribution in [0.2, 0.25) is 19.6 Å². The standard InChI is InChI=1S/C35H29NOSi/c1-38(2,3)27-20-18-26(19-21-27)36(25-12-5-4-6-13-25)31-23-33-35(30-16-10-9-15-29(30)31)34-28-14-8-7-11-24(28)17-22-32(34)37-33/h4-23H,1-3H3. The van der Waals surface area contributed by atoms with Crippen LogP contribution in [0.5, 0.6) is 0 Å². The molecule has 0 N–H and O–H groups in total. The maximum absolute atomic E-state index is 6.57. The smallest absolute Gasteiger partial charge is 0.138 e. The van der Waals surface area contributed by atoms with Crippen LogP contribution in [0.15, 0.2) is 126 Å². The van der Waals surface area contributed by atoms with Crippen LogP contribution in [0.3, 0.4) is 0 Å². The Labute approximate surface area is 223 Å². The first-order valence-electron chi connectivity index (χ1n) is 13.2. The second-order valence-electron chi connectivity index (χ2n) is 11.0. The summed E-state index contributed by atoms with van der Waals surface area (Å²) in [7, 11) is -1.40. The van der Waals surface area contributed by atoms with Crippen molar-refractivity contribution in [2.75, 3.05) is 4.90 Å². The molecule has 0 atom stereocenters. The monoisotopic (exact) mass is 507 g/mol. The summed E-state index contributed by atoms with van der Waals surface area (Å²) in [4.78, 5) is 2.36. The highest BCUT2D eigenvalue weighted by molar-refractivity contribution is 6.88. The molecule has 7 rings (SSSR count). The largest absolute Gasteiger partial charge is 0.456 e. The first kappa shape index (κ1) is 22.8. The van der Waals surface area contributed by atoms with Crippen molar-refractivity contribution in [3.05, 3.63) is 121 Å². The number of hydrogen-bond donors (Lipinski definition) is 0. The van der Waals surface area contributed by atoms with Gasteiger partial charge in [-0.2, -0.15) is 0 Å². The zero-order valence-corrected chi connectivity index (χ0v) is 22.9. The van der Waals surface area contributed by atoms with E-state index in [1.807, 2.05) is 0 Å². The number of fused-ring (bicyclic) bond motifs is 7. The molecule has 0 fully saturated rings. The third kappa shape index (κ3) is 3.62. The van der Waals surface area contributed by atoms with Gasteiger partial charge in [0.05, 0.1) is 13.8 Å². The lowest BCUT2D eigenvalue weighted by molar-refractivity contribution is 0.669. The fourth-order valence-electron chi connectivity index (χ4n) is 5.68. The van der Waals surface area contributed by atoms with Gasteiger partial charge in [0.2, 0.25) is 0 Å². The van der Waals surface area contributed by atoms with E-state index in [-0.39, 0.29) is 0 Å². The van der Waals surface area contributed by atoms with Crippen molar-refractivity contribution in [3.8, 4) is 0 Å². The van der Waals surface area contributed by atoms with Gasteiger partial charge in [-0.05, 0) is 46.5 Å². The predicted octanol–water partition coefficient (Wildman–Crippen LogP) is 9.91. The van der Waals surface area contributed by atoms with Gasteiger partial charge in [0.25, 0.3) is 0 Å². The van der Waals surface area contributed by atoms with Crippen molar-refractivity contribution in [1.29, 1.82) is 0 Å². The lowest BCUT2D eigenvalue weighted by Crippen LogP contribution is -2.37. The molecule has 2 nitrogen and oxygen atoms in total. The van der Waals surface area contributed by atoms with Crippen LogP contribution in [0.25, 0.3) is 43.5 Å². The average Bonchev–Trinajstić information content (AvgIpc) is 3.33. The number of hydrogen-bond acceptors (Lipinski definition) is 2. The van der Waals surface area contributed by atoms with Crippen LogP contribution in [0.4, 0.5) is 17.1 Å². The molecule has 0 spiro atoms. The number of para-hydroxylation sites is 1. The first-order valence-corrected chi connectivity index (χ1v) is 16.7. The number of furan rings is 1. The molecule has 0 aliphatic heterocycles. The van der Waals surface area contributed by atoms with Crippen molar-refractivity contribution in [2.45, 2.75) is 19.6 Å². The SMILES string of the molecule is C[Si](C)(C)c1ccc(N(c2ccccc2)c2cc3oc4ccc5ccccc5c4c3c3ccccc23)cc1. The molecule has 0 saturated carbocycles. The molecular formula is C35H29NOSi. The van der Waals surface area contributed by atoms with E-state index in [2.05, 4.69) is 146 Å². The quantitative estimate of drug-likeness (QED) is 0.220. The maximum Gasteiger partial charge on any atom is 0.138 e. The summed E-state index contributed by atoms with van der Waals surface area (Å²) < 4.78 is 6.57. The van der Waals surface area contributed by atoms with Gasteiger partial charge in [-0.15, -0.1) is 0 Å². The van der Waals surface area contributed by atoms with Crippen LogP contribution in [-0.2, 0) is 0 Å². The minimum absolute atomic E-state index is 0.907. The maximum atomic E-state index is 6.57. The Balaban J connectivity index is 1.56. The van der Waals surface area contributed by atoms with E-state index in [0.717, 1.165) is 28.2 Å². The molecule has 1 aromatic heterocycles. The Morgan fingerprint density at radius 3 is 1.87 bits per heavy atom. The van der Waals surface area contributed by atoms with E-state index >= 15 is 0 Å². The number of anilines is 3. The number of rotatable bonds is 4. The molecular weight excluding hydrogens is 478 g/mol. The molecule has 7 aromatic rings. The Morgan fingerprint density at radius 1 is 0.526 bits per heavy atom. The Morgan fingerprint density at radius 2 is 1.13 bits per heavy atom. The molecule has 38 heavy (non-hydrogen) atoms. The van der Waals surface area contributed by atoms with Crippen molar-refractivity contribution in [3.63, 3.8) is 0 Å². The summed E-state index contributed by atoms with van der Waals surface area (Å²) >= 11 is 0. The zero-order valence-electron chi connectivity index (χ0n) is 21.9. The molecule has 0 bridgehead atoms.